The van der Waals surface area contributed by atoms with Crippen molar-refractivity contribution in [3.8, 4) is 0 Å². The van der Waals surface area contributed by atoms with Gasteiger partial charge in [0.15, 0.2) is 0 Å². The highest BCUT2D eigenvalue weighted by molar-refractivity contribution is 5.68. The Labute approximate surface area is 113 Å². The van der Waals surface area contributed by atoms with Crippen molar-refractivity contribution in [3.05, 3.63) is 35.9 Å². The number of carbonyl (C=O) groups is 1. The van der Waals surface area contributed by atoms with Crippen LogP contribution >= 0.6 is 0 Å². The lowest BCUT2D eigenvalue weighted by Crippen LogP contribution is -2.48. The summed E-state index contributed by atoms with van der Waals surface area (Å²) in [7, 11) is 0. The highest BCUT2D eigenvalue weighted by atomic mass is 16.6. The number of fused-ring (bicyclic) bond motifs is 1. The summed E-state index contributed by atoms with van der Waals surface area (Å²) in [6.45, 7) is 3.13. The molecule has 4 nitrogen and oxygen atoms in total. The topological polar surface area (TPSA) is 41.6 Å². The van der Waals surface area contributed by atoms with E-state index in [4.69, 9.17) is 4.74 Å². The van der Waals surface area contributed by atoms with Crippen molar-refractivity contribution in [1.82, 2.24) is 10.2 Å². The number of nitrogens with one attached hydrogen (secondary N) is 1. The summed E-state index contributed by atoms with van der Waals surface area (Å²) in [5.74, 6) is 0.609. The smallest absolute Gasteiger partial charge is 0.410 e. The van der Waals surface area contributed by atoms with Gasteiger partial charge in [-0.1, -0.05) is 30.3 Å². The van der Waals surface area contributed by atoms with Gasteiger partial charge in [0.2, 0.25) is 0 Å². The second-order valence-corrected chi connectivity index (χ2v) is 5.36. The Kier molecular flexibility index (Phi) is 3.69. The van der Waals surface area contributed by atoms with E-state index >= 15 is 0 Å². The van der Waals surface area contributed by atoms with E-state index < -0.39 is 0 Å². The number of carbonyl (C=O) groups excluding carboxylic acids is 1. The lowest BCUT2D eigenvalue weighted by molar-refractivity contribution is 0.0614. The van der Waals surface area contributed by atoms with E-state index in [-0.39, 0.29) is 6.09 Å². The molecule has 2 aliphatic rings. The maximum Gasteiger partial charge on any atom is 0.410 e. The van der Waals surface area contributed by atoms with Crippen LogP contribution in [0.1, 0.15) is 18.4 Å². The Morgan fingerprint density at radius 1 is 1.32 bits per heavy atom. The van der Waals surface area contributed by atoms with Gasteiger partial charge in [0.1, 0.15) is 6.61 Å². The van der Waals surface area contributed by atoms with Crippen LogP contribution in [0, 0.1) is 5.92 Å². The molecule has 0 unspecified atom stereocenters. The fourth-order valence-corrected chi connectivity index (χ4v) is 3.10. The molecule has 0 saturated carbocycles. The molecule has 2 saturated heterocycles. The van der Waals surface area contributed by atoms with Crippen molar-refractivity contribution in [2.45, 2.75) is 25.5 Å². The van der Waals surface area contributed by atoms with Gasteiger partial charge < -0.3 is 15.0 Å². The van der Waals surface area contributed by atoms with Crippen LogP contribution in [0.2, 0.25) is 0 Å². The van der Waals surface area contributed by atoms with E-state index in [0.29, 0.717) is 18.6 Å². The first-order chi connectivity index (χ1) is 9.34. The second-order valence-electron chi connectivity index (χ2n) is 5.36. The molecule has 0 aromatic heterocycles. The Morgan fingerprint density at radius 2 is 2.16 bits per heavy atom. The summed E-state index contributed by atoms with van der Waals surface area (Å²) in [5, 5.41) is 3.37. The van der Waals surface area contributed by atoms with E-state index in [1.165, 1.54) is 6.42 Å². The SMILES string of the molecule is O=C(OCc1ccccc1)N1CCC[C@@H]2CNC[C@@H]21. The summed E-state index contributed by atoms with van der Waals surface area (Å²) in [5.41, 5.74) is 1.04. The van der Waals surface area contributed by atoms with Gasteiger partial charge in [-0.3, -0.25) is 0 Å². The van der Waals surface area contributed by atoms with E-state index in [9.17, 15) is 4.79 Å². The van der Waals surface area contributed by atoms with Crippen molar-refractivity contribution in [3.63, 3.8) is 0 Å². The number of hydrogen-bond donors (Lipinski definition) is 1. The molecule has 0 spiro atoms. The number of ether oxygens (including phenoxy) is 1. The molecular weight excluding hydrogens is 240 g/mol. The van der Waals surface area contributed by atoms with Crippen LogP contribution in [-0.4, -0.2) is 36.7 Å². The van der Waals surface area contributed by atoms with Crippen molar-refractivity contribution in [2.75, 3.05) is 19.6 Å². The van der Waals surface area contributed by atoms with Gasteiger partial charge in [-0.15, -0.1) is 0 Å². The Morgan fingerprint density at radius 3 is 3.00 bits per heavy atom. The molecule has 1 aromatic carbocycles. The maximum atomic E-state index is 12.2. The minimum atomic E-state index is -0.165. The molecule has 2 atom stereocenters. The Bertz CT molecular complexity index is 435. The minimum absolute atomic E-state index is 0.165. The lowest BCUT2D eigenvalue weighted by Gasteiger charge is -2.36. The third-order valence-electron chi connectivity index (χ3n) is 4.12. The zero-order valence-electron chi connectivity index (χ0n) is 11.0. The molecule has 3 rings (SSSR count). The summed E-state index contributed by atoms with van der Waals surface area (Å²) < 4.78 is 5.43. The van der Waals surface area contributed by atoms with E-state index in [1.807, 2.05) is 35.2 Å². The maximum absolute atomic E-state index is 12.2. The van der Waals surface area contributed by atoms with Crippen molar-refractivity contribution in [1.29, 1.82) is 0 Å². The summed E-state index contributed by atoms with van der Waals surface area (Å²) in [6.07, 6.45) is 2.14. The molecule has 102 valence electrons. The summed E-state index contributed by atoms with van der Waals surface area (Å²) >= 11 is 0. The van der Waals surface area contributed by atoms with E-state index in [2.05, 4.69) is 5.32 Å². The van der Waals surface area contributed by atoms with Crippen LogP contribution in [0.25, 0.3) is 0 Å². The zero-order valence-corrected chi connectivity index (χ0v) is 11.0. The molecule has 19 heavy (non-hydrogen) atoms. The van der Waals surface area contributed by atoms with Crippen LogP contribution in [0.15, 0.2) is 30.3 Å². The van der Waals surface area contributed by atoms with Gasteiger partial charge >= 0.3 is 6.09 Å². The first kappa shape index (κ1) is 12.5. The van der Waals surface area contributed by atoms with Gasteiger partial charge in [-0.25, -0.2) is 4.79 Å². The molecular formula is C15H20N2O2. The van der Waals surface area contributed by atoms with Crippen molar-refractivity contribution in [2.24, 2.45) is 5.92 Å². The van der Waals surface area contributed by atoms with Gasteiger partial charge in [0.25, 0.3) is 0 Å². The molecule has 1 amide bonds. The van der Waals surface area contributed by atoms with Gasteiger partial charge in [0, 0.05) is 19.6 Å². The molecule has 0 radical (unpaired) electrons. The van der Waals surface area contributed by atoms with Gasteiger partial charge in [-0.2, -0.15) is 0 Å². The number of rotatable bonds is 2. The van der Waals surface area contributed by atoms with Crippen LogP contribution in [0.5, 0.6) is 0 Å². The molecule has 0 bridgehead atoms. The first-order valence-corrected chi connectivity index (χ1v) is 7.02. The molecule has 2 heterocycles. The highest BCUT2D eigenvalue weighted by Gasteiger charge is 2.37. The molecule has 4 heteroatoms. The standard InChI is InChI=1S/C15H20N2O2/c18-15(19-11-12-5-2-1-3-6-12)17-8-4-7-13-9-16-10-14(13)17/h1-3,5-6,13-14,16H,4,7-11H2/t13-,14+/m1/s1. The first-order valence-electron chi connectivity index (χ1n) is 7.02. The second kappa shape index (κ2) is 5.61. The summed E-state index contributed by atoms with van der Waals surface area (Å²) in [6, 6.07) is 10.2. The van der Waals surface area contributed by atoms with Crippen molar-refractivity contribution < 1.29 is 9.53 Å². The number of piperidine rings is 1. The normalized spacial score (nSPS) is 26.0. The van der Waals surface area contributed by atoms with Crippen LogP contribution < -0.4 is 5.32 Å². The molecule has 2 fully saturated rings. The monoisotopic (exact) mass is 260 g/mol. The van der Waals surface area contributed by atoms with E-state index in [0.717, 1.165) is 31.6 Å². The van der Waals surface area contributed by atoms with Crippen LogP contribution in [0.3, 0.4) is 0 Å². The number of benzene rings is 1. The third-order valence-corrected chi connectivity index (χ3v) is 4.12. The number of likely N-dealkylation sites (tertiary alicyclic amines) is 1. The lowest BCUT2D eigenvalue weighted by atomic mass is 9.92. The molecule has 1 N–H and O–H groups in total. The Balaban J connectivity index is 1.57. The average molecular weight is 260 g/mol. The van der Waals surface area contributed by atoms with Crippen molar-refractivity contribution >= 4 is 6.09 Å². The quantitative estimate of drug-likeness (QED) is 0.884. The predicted molar refractivity (Wildman–Crippen MR) is 72.7 cm³/mol. The predicted octanol–water partition coefficient (Wildman–Crippen LogP) is 2.01. The fourth-order valence-electron chi connectivity index (χ4n) is 3.10. The molecule has 1 aromatic rings. The molecule has 2 aliphatic heterocycles. The number of hydrogen-bond acceptors (Lipinski definition) is 3. The summed E-state index contributed by atoms with van der Waals surface area (Å²) in [4.78, 5) is 14.1. The zero-order chi connectivity index (χ0) is 13.1. The molecule has 0 aliphatic carbocycles. The van der Waals surface area contributed by atoms with Gasteiger partial charge in [-0.05, 0) is 24.3 Å². The van der Waals surface area contributed by atoms with Crippen LogP contribution in [0.4, 0.5) is 4.79 Å². The average Bonchev–Trinajstić information content (AvgIpc) is 2.94. The Hall–Kier alpha value is -1.55. The fraction of sp³-hybridized carbons (Fsp3) is 0.533. The number of nitrogens with zero attached hydrogens (tertiary/aromatic N) is 1. The number of amides is 1. The third kappa shape index (κ3) is 2.73. The van der Waals surface area contributed by atoms with E-state index in [1.54, 1.807) is 0 Å². The van der Waals surface area contributed by atoms with Crippen LogP contribution in [-0.2, 0) is 11.3 Å². The minimum Gasteiger partial charge on any atom is -0.445 e. The largest absolute Gasteiger partial charge is 0.445 e. The highest BCUT2D eigenvalue weighted by Crippen LogP contribution is 2.26. The van der Waals surface area contributed by atoms with Gasteiger partial charge in [0.05, 0.1) is 6.04 Å².